The molecule has 1 fully saturated rings. The number of aromatic nitrogens is 2. The molecule has 0 bridgehead atoms. The lowest BCUT2D eigenvalue weighted by atomic mass is 10.1. The zero-order valence-corrected chi connectivity index (χ0v) is 13.8. The zero-order chi connectivity index (χ0) is 16.9. The van der Waals surface area contributed by atoms with Crippen LogP contribution in [0.2, 0.25) is 0 Å². The Morgan fingerprint density at radius 1 is 1.25 bits per heavy atom. The fraction of sp³-hybridized carbons (Fsp3) is 0.353. The molecule has 0 aromatic carbocycles. The quantitative estimate of drug-likeness (QED) is 0.923. The van der Waals surface area contributed by atoms with E-state index in [1.165, 1.54) is 6.20 Å². The summed E-state index contributed by atoms with van der Waals surface area (Å²) in [5.74, 6) is 0.822. The molecule has 2 aromatic rings. The van der Waals surface area contributed by atoms with Crippen LogP contribution < -0.4 is 15.0 Å². The number of amides is 1. The Hall–Kier alpha value is -2.67. The van der Waals surface area contributed by atoms with Gasteiger partial charge in [0.15, 0.2) is 0 Å². The number of pyridine rings is 2. The van der Waals surface area contributed by atoms with Crippen LogP contribution in [0.1, 0.15) is 15.9 Å². The highest BCUT2D eigenvalue weighted by atomic mass is 16.5. The summed E-state index contributed by atoms with van der Waals surface area (Å²) >= 11 is 0. The molecule has 1 aliphatic heterocycles. The van der Waals surface area contributed by atoms with Gasteiger partial charge < -0.3 is 19.7 Å². The summed E-state index contributed by atoms with van der Waals surface area (Å²) in [6, 6.07) is 3.75. The predicted molar refractivity (Wildman–Crippen MR) is 90.7 cm³/mol. The smallest absolute Gasteiger partial charge is 0.258 e. The summed E-state index contributed by atoms with van der Waals surface area (Å²) in [4.78, 5) is 23.0. The molecular weight excluding hydrogens is 308 g/mol. The number of ether oxygens (including phenoxy) is 2. The molecule has 3 heterocycles. The van der Waals surface area contributed by atoms with Gasteiger partial charge in [0, 0.05) is 24.8 Å². The second-order valence-corrected chi connectivity index (χ2v) is 5.47. The third-order valence-corrected chi connectivity index (χ3v) is 4.00. The van der Waals surface area contributed by atoms with Crippen molar-refractivity contribution in [3.05, 3.63) is 41.9 Å². The average Bonchev–Trinajstić information content (AvgIpc) is 2.63. The number of rotatable bonds is 4. The second kappa shape index (κ2) is 7.27. The molecule has 3 rings (SSSR count). The molecule has 1 aliphatic rings. The molecule has 0 aliphatic carbocycles. The summed E-state index contributed by atoms with van der Waals surface area (Å²) in [6.45, 7) is 4.97. The molecule has 24 heavy (non-hydrogen) atoms. The van der Waals surface area contributed by atoms with Crippen molar-refractivity contribution in [2.75, 3.05) is 43.6 Å². The maximum absolute atomic E-state index is 12.4. The number of carbonyl (C=O) groups excluding carboxylic acids is 1. The molecule has 0 radical (unpaired) electrons. The minimum atomic E-state index is -0.259. The largest absolute Gasteiger partial charge is 0.495 e. The van der Waals surface area contributed by atoms with Gasteiger partial charge >= 0.3 is 0 Å². The molecule has 7 heteroatoms. The van der Waals surface area contributed by atoms with E-state index < -0.39 is 0 Å². The van der Waals surface area contributed by atoms with Crippen LogP contribution in [0, 0.1) is 6.92 Å². The molecule has 126 valence electrons. The molecule has 0 spiro atoms. The van der Waals surface area contributed by atoms with E-state index in [0.717, 1.165) is 37.6 Å². The van der Waals surface area contributed by atoms with E-state index in [1.54, 1.807) is 25.6 Å². The Morgan fingerprint density at radius 3 is 2.71 bits per heavy atom. The summed E-state index contributed by atoms with van der Waals surface area (Å²) in [5, 5.41) is 2.79. The van der Waals surface area contributed by atoms with Crippen LogP contribution in [0.3, 0.4) is 0 Å². The monoisotopic (exact) mass is 328 g/mol. The van der Waals surface area contributed by atoms with Crippen molar-refractivity contribution in [3.63, 3.8) is 0 Å². The van der Waals surface area contributed by atoms with E-state index in [9.17, 15) is 4.79 Å². The number of anilines is 2. The minimum absolute atomic E-state index is 0.259. The molecule has 1 saturated heterocycles. The first-order valence-corrected chi connectivity index (χ1v) is 7.77. The summed E-state index contributed by atoms with van der Waals surface area (Å²) in [5.41, 5.74) is 2.24. The third kappa shape index (κ3) is 3.46. The molecular formula is C17H20N4O3. The Balaban J connectivity index is 1.70. The van der Waals surface area contributed by atoms with E-state index in [-0.39, 0.29) is 5.91 Å². The van der Waals surface area contributed by atoms with Gasteiger partial charge in [-0.1, -0.05) is 0 Å². The number of hydrogen-bond donors (Lipinski definition) is 1. The van der Waals surface area contributed by atoms with Crippen LogP contribution in [0.5, 0.6) is 5.75 Å². The molecule has 7 nitrogen and oxygen atoms in total. The van der Waals surface area contributed by atoms with Gasteiger partial charge in [0.2, 0.25) is 0 Å². The van der Waals surface area contributed by atoms with E-state index in [4.69, 9.17) is 9.47 Å². The number of hydrogen-bond acceptors (Lipinski definition) is 6. The fourth-order valence-electron chi connectivity index (χ4n) is 2.59. The second-order valence-electron chi connectivity index (χ2n) is 5.47. The highest BCUT2D eigenvalue weighted by Gasteiger charge is 2.15. The number of carbonyl (C=O) groups is 1. The number of methoxy groups -OCH3 is 1. The molecule has 0 saturated carbocycles. The molecule has 1 N–H and O–H groups in total. The van der Waals surface area contributed by atoms with Crippen molar-refractivity contribution in [1.82, 2.24) is 9.97 Å². The number of nitrogens with one attached hydrogen (secondary N) is 1. The standard InChI is InChI=1S/C17H20N4O3/c1-12-14(10-18-11-15(12)23-2)17(22)20-16-4-3-13(9-19-16)21-5-7-24-8-6-21/h3-4,9-11H,5-8H2,1-2H3,(H,19,20,22). The van der Waals surface area contributed by atoms with Gasteiger partial charge in [-0.25, -0.2) is 4.98 Å². The first-order valence-electron chi connectivity index (χ1n) is 7.77. The van der Waals surface area contributed by atoms with Crippen LogP contribution in [0.15, 0.2) is 30.7 Å². The highest BCUT2D eigenvalue weighted by molar-refractivity contribution is 6.04. The van der Waals surface area contributed by atoms with Crippen molar-refractivity contribution < 1.29 is 14.3 Å². The lowest BCUT2D eigenvalue weighted by Gasteiger charge is -2.28. The first kappa shape index (κ1) is 16.2. The van der Waals surface area contributed by atoms with Gasteiger partial charge in [0.1, 0.15) is 11.6 Å². The summed E-state index contributed by atoms with van der Waals surface area (Å²) in [7, 11) is 1.55. The predicted octanol–water partition coefficient (Wildman–Crippen LogP) is 1.88. The van der Waals surface area contributed by atoms with E-state index in [1.807, 2.05) is 13.0 Å². The Labute approximate surface area is 140 Å². The van der Waals surface area contributed by atoms with Gasteiger partial charge in [-0.2, -0.15) is 0 Å². The third-order valence-electron chi connectivity index (χ3n) is 4.00. The lowest BCUT2D eigenvalue weighted by Crippen LogP contribution is -2.36. The van der Waals surface area contributed by atoms with Crippen LogP contribution in [0.25, 0.3) is 0 Å². The van der Waals surface area contributed by atoms with Crippen LogP contribution in [0.4, 0.5) is 11.5 Å². The van der Waals surface area contributed by atoms with Gasteiger partial charge in [0.25, 0.3) is 5.91 Å². The zero-order valence-electron chi connectivity index (χ0n) is 13.8. The van der Waals surface area contributed by atoms with Crippen LogP contribution in [-0.2, 0) is 4.74 Å². The molecule has 2 aromatic heterocycles. The summed E-state index contributed by atoms with van der Waals surface area (Å²) < 4.78 is 10.5. The normalized spacial score (nSPS) is 14.3. The van der Waals surface area contributed by atoms with E-state index >= 15 is 0 Å². The highest BCUT2D eigenvalue weighted by Crippen LogP contribution is 2.21. The van der Waals surface area contributed by atoms with Gasteiger partial charge in [-0.3, -0.25) is 9.78 Å². The van der Waals surface area contributed by atoms with Crippen molar-refractivity contribution in [1.29, 1.82) is 0 Å². The van der Waals surface area contributed by atoms with Crippen LogP contribution >= 0.6 is 0 Å². The van der Waals surface area contributed by atoms with Gasteiger partial charge in [-0.05, 0) is 19.1 Å². The maximum atomic E-state index is 12.4. The van der Waals surface area contributed by atoms with Crippen LogP contribution in [-0.4, -0.2) is 49.3 Å². The fourth-order valence-corrected chi connectivity index (χ4v) is 2.59. The molecule has 1 amide bonds. The van der Waals surface area contributed by atoms with E-state index in [2.05, 4.69) is 20.2 Å². The first-order chi connectivity index (χ1) is 11.7. The number of morpholine rings is 1. The SMILES string of the molecule is COc1cncc(C(=O)Nc2ccc(N3CCOCC3)cn2)c1C. The van der Waals surface area contributed by atoms with Crippen molar-refractivity contribution in [3.8, 4) is 5.75 Å². The van der Waals surface area contributed by atoms with Gasteiger partial charge in [0.05, 0.1) is 44.0 Å². The Morgan fingerprint density at radius 2 is 2.04 bits per heavy atom. The molecule has 0 atom stereocenters. The summed E-state index contributed by atoms with van der Waals surface area (Å²) in [6.07, 6.45) is 4.87. The Kier molecular flexibility index (Phi) is 4.90. The number of nitrogens with zero attached hydrogens (tertiary/aromatic N) is 3. The average molecular weight is 328 g/mol. The van der Waals surface area contributed by atoms with Crippen molar-refractivity contribution >= 4 is 17.4 Å². The minimum Gasteiger partial charge on any atom is -0.495 e. The Bertz CT molecular complexity index is 712. The van der Waals surface area contributed by atoms with Gasteiger partial charge in [-0.15, -0.1) is 0 Å². The van der Waals surface area contributed by atoms with E-state index in [0.29, 0.717) is 17.1 Å². The molecule has 0 unspecified atom stereocenters. The topological polar surface area (TPSA) is 76.6 Å². The van der Waals surface area contributed by atoms with Crippen molar-refractivity contribution in [2.24, 2.45) is 0 Å². The maximum Gasteiger partial charge on any atom is 0.258 e. The van der Waals surface area contributed by atoms with Crippen molar-refractivity contribution in [2.45, 2.75) is 6.92 Å². The lowest BCUT2D eigenvalue weighted by molar-refractivity contribution is 0.102.